The number of benzene rings is 3. The minimum atomic E-state index is -0.819. The van der Waals surface area contributed by atoms with Gasteiger partial charge in [0.1, 0.15) is 23.0 Å². The molecule has 1 amide bonds. The highest BCUT2D eigenvalue weighted by atomic mass is 32.2. The molecule has 0 saturated heterocycles. The Balaban J connectivity index is 1.53. The SMILES string of the molecule is O=C(CSc1nc2ccccc2c2nc3ccccc3n12)Nc1c(F)cccc1F. The lowest BCUT2D eigenvalue weighted by atomic mass is 10.2. The number of anilines is 1. The van der Waals surface area contributed by atoms with Gasteiger partial charge in [-0.05, 0) is 36.4 Å². The molecule has 8 heteroatoms. The van der Waals surface area contributed by atoms with Crippen LogP contribution in [0.1, 0.15) is 0 Å². The number of hydrogen-bond donors (Lipinski definition) is 1. The van der Waals surface area contributed by atoms with Crippen LogP contribution in [-0.4, -0.2) is 26.0 Å². The first-order chi connectivity index (χ1) is 14.6. The Hall–Kier alpha value is -3.52. The summed E-state index contributed by atoms with van der Waals surface area (Å²) in [4.78, 5) is 21.8. The van der Waals surface area contributed by atoms with E-state index in [4.69, 9.17) is 9.97 Å². The van der Waals surface area contributed by atoms with Crippen LogP contribution in [0.2, 0.25) is 0 Å². The lowest BCUT2D eigenvalue weighted by Crippen LogP contribution is -2.16. The van der Waals surface area contributed by atoms with Crippen LogP contribution in [0.4, 0.5) is 14.5 Å². The third-order valence-electron chi connectivity index (χ3n) is 4.67. The zero-order valence-electron chi connectivity index (χ0n) is 15.5. The molecule has 0 fully saturated rings. The summed E-state index contributed by atoms with van der Waals surface area (Å²) in [5.74, 6) is -2.24. The van der Waals surface area contributed by atoms with Crippen molar-refractivity contribution in [2.45, 2.75) is 5.16 Å². The highest BCUT2D eigenvalue weighted by Crippen LogP contribution is 2.29. The molecule has 5 nitrogen and oxygen atoms in total. The number of carbonyl (C=O) groups excluding carboxylic acids is 1. The minimum Gasteiger partial charge on any atom is -0.320 e. The molecule has 0 aliphatic carbocycles. The van der Waals surface area contributed by atoms with E-state index in [2.05, 4.69) is 5.32 Å². The third kappa shape index (κ3) is 3.15. The first-order valence-corrected chi connectivity index (χ1v) is 10.1. The number of hydrogen-bond acceptors (Lipinski definition) is 4. The maximum atomic E-state index is 13.8. The second-order valence-electron chi connectivity index (χ2n) is 6.60. The predicted octanol–water partition coefficient (Wildman–Crippen LogP) is 5.04. The van der Waals surface area contributed by atoms with Crippen LogP contribution >= 0.6 is 11.8 Å². The number of thioether (sulfide) groups is 1. The quantitative estimate of drug-likeness (QED) is 0.327. The van der Waals surface area contributed by atoms with Crippen molar-refractivity contribution in [3.63, 3.8) is 0 Å². The molecule has 1 N–H and O–H groups in total. The van der Waals surface area contributed by atoms with Gasteiger partial charge in [0, 0.05) is 5.39 Å². The molecular formula is C22H14F2N4OS. The largest absolute Gasteiger partial charge is 0.320 e. The van der Waals surface area contributed by atoms with Gasteiger partial charge in [-0.15, -0.1) is 0 Å². The molecular weight excluding hydrogens is 406 g/mol. The maximum Gasteiger partial charge on any atom is 0.235 e. The number of imidazole rings is 1. The Bertz CT molecular complexity index is 1410. The molecule has 0 atom stereocenters. The van der Waals surface area contributed by atoms with Crippen molar-refractivity contribution in [1.82, 2.24) is 14.4 Å². The lowest BCUT2D eigenvalue weighted by molar-refractivity contribution is -0.113. The topological polar surface area (TPSA) is 59.3 Å². The summed E-state index contributed by atoms with van der Waals surface area (Å²) < 4.78 is 29.5. The third-order valence-corrected chi connectivity index (χ3v) is 5.61. The molecule has 30 heavy (non-hydrogen) atoms. The van der Waals surface area contributed by atoms with E-state index in [-0.39, 0.29) is 5.75 Å². The van der Waals surface area contributed by atoms with Crippen molar-refractivity contribution < 1.29 is 13.6 Å². The number of amides is 1. The van der Waals surface area contributed by atoms with Crippen molar-refractivity contribution in [1.29, 1.82) is 0 Å². The van der Waals surface area contributed by atoms with E-state index in [1.807, 2.05) is 52.9 Å². The van der Waals surface area contributed by atoms with E-state index >= 15 is 0 Å². The molecule has 0 saturated carbocycles. The van der Waals surface area contributed by atoms with Crippen LogP contribution in [-0.2, 0) is 4.79 Å². The van der Waals surface area contributed by atoms with Gasteiger partial charge in [-0.3, -0.25) is 9.20 Å². The molecule has 5 aromatic rings. The lowest BCUT2D eigenvalue weighted by Gasteiger charge is -2.09. The highest BCUT2D eigenvalue weighted by Gasteiger charge is 2.16. The zero-order valence-corrected chi connectivity index (χ0v) is 16.3. The Morgan fingerprint density at radius 2 is 1.60 bits per heavy atom. The number of para-hydroxylation sites is 4. The Morgan fingerprint density at radius 1 is 0.900 bits per heavy atom. The second kappa shape index (κ2) is 7.38. The van der Waals surface area contributed by atoms with Crippen molar-refractivity contribution in [2.24, 2.45) is 0 Å². The summed E-state index contributed by atoms with van der Waals surface area (Å²) in [6, 6.07) is 18.7. The molecule has 0 radical (unpaired) electrons. The van der Waals surface area contributed by atoms with Crippen LogP contribution in [0.5, 0.6) is 0 Å². The molecule has 2 aromatic heterocycles. The average molecular weight is 420 g/mol. The summed E-state index contributed by atoms with van der Waals surface area (Å²) in [6.07, 6.45) is 0. The van der Waals surface area contributed by atoms with Gasteiger partial charge < -0.3 is 5.32 Å². The Kier molecular flexibility index (Phi) is 4.55. The summed E-state index contributed by atoms with van der Waals surface area (Å²) in [6.45, 7) is 0. The van der Waals surface area contributed by atoms with Gasteiger partial charge in [-0.2, -0.15) is 0 Å². The number of aromatic nitrogens is 3. The summed E-state index contributed by atoms with van der Waals surface area (Å²) >= 11 is 1.18. The van der Waals surface area contributed by atoms with Gasteiger partial charge in [0.25, 0.3) is 0 Å². The van der Waals surface area contributed by atoms with Crippen LogP contribution in [0.25, 0.3) is 27.6 Å². The van der Waals surface area contributed by atoms with Crippen LogP contribution < -0.4 is 5.32 Å². The van der Waals surface area contributed by atoms with Gasteiger partial charge in [-0.1, -0.05) is 42.1 Å². The smallest absolute Gasteiger partial charge is 0.235 e. The first kappa shape index (κ1) is 18.5. The summed E-state index contributed by atoms with van der Waals surface area (Å²) in [7, 11) is 0. The molecule has 2 heterocycles. The fraction of sp³-hybridized carbons (Fsp3) is 0.0455. The number of rotatable bonds is 4. The highest BCUT2D eigenvalue weighted by molar-refractivity contribution is 7.99. The van der Waals surface area contributed by atoms with Gasteiger partial charge in [0.15, 0.2) is 5.16 Å². The van der Waals surface area contributed by atoms with Crippen molar-refractivity contribution in [3.05, 3.63) is 78.4 Å². The molecule has 148 valence electrons. The Morgan fingerprint density at radius 3 is 2.40 bits per heavy atom. The van der Waals surface area contributed by atoms with E-state index in [9.17, 15) is 13.6 Å². The normalized spacial score (nSPS) is 11.4. The first-order valence-electron chi connectivity index (χ1n) is 9.14. The molecule has 0 unspecified atom stereocenters. The monoisotopic (exact) mass is 420 g/mol. The zero-order chi connectivity index (χ0) is 20.7. The number of fused-ring (bicyclic) bond motifs is 5. The molecule has 0 bridgehead atoms. The Labute approximate surface area is 173 Å². The average Bonchev–Trinajstić information content (AvgIpc) is 3.15. The van der Waals surface area contributed by atoms with E-state index in [1.54, 1.807) is 0 Å². The molecule has 0 aliphatic heterocycles. The fourth-order valence-corrected chi connectivity index (χ4v) is 4.14. The van der Waals surface area contributed by atoms with E-state index in [0.29, 0.717) is 5.16 Å². The van der Waals surface area contributed by atoms with Crippen LogP contribution in [0.3, 0.4) is 0 Å². The molecule has 3 aromatic carbocycles. The second-order valence-corrected chi connectivity index (χ2v) is 7.55. The number of halogens is 2. The molecule has 5 rings (SSSR count). The van der Waals surface area contributed by atoms with E-state index in [0.717, 1.165) is 39.7 Å². The minimum absolute atomic E-state index is 0.0687. The van der Waals surface area contributed by atoms with Crippen molar-refractivity contribution in [3.8, 4) is 0 Å². The van der Waals surface area contributed by atoms with Crippen LogP contribution in [0.15, 0.2) is 71.9 Å². The van der Waals surface area contributed by atoms with Crippen molar-refractivity contribution in [2.75, 3.05) is 11.1 Å². The maximum absolute atomic E-state index is 13.8. The van der Waals surface area contributed by atoms with Gasteiger partial charge in [-0.25, -0.2) is 18.7 Å². The number of nitrogens with zero attached hydrogens (tertiary/aromatic N) is 3. The number of nitrogens with one attached hydrogen (secondary N) is 1. The number of carbonyl (C=O) groups is 1. The van der Waals surface area contributed by atoms with Gasteiger partial charge in [0.2, 0.25) is 5.91 Å². The van der Waals surface area contributed by atoms with E-state index in [1.165, 1.54) is 17.8 Å². The van der Waals surface area contributed by atoms with Gasteiger partial charge >= 0.3 is 0 Å². The van der Waals surface area contributed by atoms with Crippen LogP contribution in [0, 0.1) is 11.6 Å². The molecule has 0 aliphatic rings. The summed E-state index contributed by atoms with van der Waals surface area (Å²) in [5, 5.41) is 3.77. The standard InChI is InChI=1S/C22H14F2N4OS/c23-14-7-5-8-15(24)20(14)27-19(29)12-30-22-26-16-9-2-1-6-13(16)21-25-17-10-3-4-11-18(17)28(21)22/h1-11H,12H2,(H,27,29). The predicted molar refractivity (Wildman–Crippen MR) is 114 cm³/mol. The summed E-state index contributed by atoms with van der Waals surface area (Å²) in [5.41, 5.74) is 2.73. The van der Waals surface area contributed by atoms with E-state index < -0.39 is 23.2 Å². The fourth-order valence-electron chi connectivity index (χ4n) is 3.33. The molecule has 0 spiro atoms. The van der Waals surface area contributed by atoms with Crippen molar-refractivity contribution >= 4 is 50.9 Å². The van der Waals surface area contributed by atoms with Gasteiger partial charge in [0.05, 0.1) is 22.3 Å².